The van der Waals surface area contributed by atoms with E-state index in [1.54, 1.807) is 0 Å². The molecule has 27 heavy (non-hydrogen) atoms. The van der Waals surface area contributed by atoms with Gasteiger partial charge in [-0.1, -0.05) is 6.07 Å². The number of amides is 1. The van der Waals surface area contributed by atoms with Crippen LogP contribution in [-0.4, -0.2) is 40.5 Å². The average molecular weight is 369 g/mol. The number of hydrogen-bond acceptors (Lipinski definition) is 5. The van der Waals surface area contributed by atoms with E-state index >= 15 is 0 Å². The summed E-state index contributed by atoms with van der Waals surface area (Å²) in [6.07, 6.45) is 5.02. The fraction of sp³-hybridized carbons (Fsp3) is 0.500. The number of hydrogen-bond donors (Lipinski definition) is 2. The molecule has 2 N–H and O–H groups in total. The van der Waals surface area contributed by atoms with Gasteiger partial charge >= 0.3 is 5.69 Å². The number of carbonyl (C=O) groups excluding carboxylic acids is 1. The summed E-state index contributed by atoms with van der Waals surface area (Å²) in [5.41, 5.74) is 2.10. The molecule has 0 spiro atoms. The number of H-pyrrole nitrogens is 1. The van der Waals surface area contributed by atoms with E-state index in [2.05, 4.69) is 25.2 Å². The molecule has 0 unspecified atom stereocenters. The zero-order chi connectivity index (χ0) is 19.2. The number of pyridine rings is 1. The smallest absolute Gasteiger partial charge is 0.345 e. The first kappa shape index (κ1) is 19.1. The van der Waals surface area contributed by atoms with Gasteiger partial charge in [0.05, 0.1) is 0 Å². The third kappa shape index (κ3) is 5.15. The first-order chi connectivity index (χ1) is 13.0. The van der Waals surface area contributed by atoms with E-state index in [0.29, 0.717) is 31.0 Å². The van der Waals surface area contributed by atoms with Crippen LogP contribution in [0, 0.1) is 19.8 Å². The fourth-order valence-electron chi connectivity index (χ4n) is 3.69. The highest BCUT2D eigenvalue weighted by atomic mass is 16.1. The van der Waals surface area contributed by atoms with Crippen LogP contribution in [0.1, 0.15) is 36.2 Å². The van der Waals surface area contributed by atoms with Gasteiger partial charge in [0.1, 0.15) is 5.82 Å². The SMILES string of the molecule is Cc1nc(=O)[nH]c(C)c1CCC(=O)NC[C@@H]1CCCN(c2ccccn2)C1. The van der Waals surface area contributed by atoms with Crippen molar-refractivity contribution in [3.63, 3.8) is 0 Å². The molecular weight excluding hydrogens is 342 g/mol. The first-order valence-electron chi connectivity index (χ1n) is 9.52. The lowest BCUT2D eigenvalue weighted by Crippen LogP contribution is -2.41. The zero-order valence-corrected chi connectivity index (χ0v) is 16.0. The minimum atomic E-state index is -0.340. The van der Waals surface area contributed by atoms with E-state index in [9.17, 15) is 9.59 Å². The average Bonchev–Trinajstić information content (AvgIpc) is 2.66. The van der Waals surface area contributed by atoms with Gasteiger partial charge in [-0.15, -0.1) is 0 Å². The largest absolute Gasteiger partial charge is 0.356 e. The van der Waals surface area contributed by atoms with Crippen molar-refractivity contribution in [1.82, 2.24) is 20.3 Å². The summed E-state index contributed by atoms with van der Waals surface area (Å²) in [5, 5.41) is 3.07. The van der Waals surface area contributed by atoms with Crippen LogP contribution in [0.3, 0.4) is 0 Å². The second kappa shape index (κ2) is 8.79. The highest BCUT2D eigenvalue weighted by Crippen LogP contribution is 2.20. The zero-order valence-electron chi connectivity index (χ0n) is 16.0. The molecule has 7 nitrogen and oxygen atoms in total. The predicted octanol–water partition coefficient (Wildman–Crippen LogP) is 1.75. The van der Waals surface area contributed by atoms with Crippen LogP contribution >= 0.6 is 0 Å². The summed E-state index contributed by atoms with van der Waals surface area (Å²) in [6, 6.07) is 5.96. The van der Waals surface area contributed by atoms with Gasteiger partial charge in [0.15, 0.2) is 0 Å². The van der Waals surface area contributed by atoms with Gasteiger partial charge in [-0.2, -0.15) is 4.98 Å². The van der Waals surface area contributed by atoms with E-state index in [0.717, 1.165) is 43.0 Å². The van der Waals surface area contributed by atoms with E-state index in [1.165, 1.54) is 0 Å². The van der Waals surface area contributed by atoms with Gasteiger partial charge in [-0.3, -0.25) is 4.79 Å². The fourth-order valence-corrected chi connectivity index (χ4v) is 3.69. The highest BCUT2D eigenvalue weighted by molar-refractivity contribution is 5.76. The number of aryl methyl sites for hydroxylation is 2. The Morgan fingerprint density at radius 3 is 2.96 bits per heavy atom. The molecule has 0 bridgehead atoms. The second-order valence-electron chi connectivity index (χ2n) is 7.18. The number of carbonyl (C=O) groups is 1. The Balaban J connectivity index is 1.47. The summed E-state index contributed by atoms with van der Waals surface area (Å²) >= 11 is 0. The number of rotatable bonds is 6. The van der Waals surface area contributed by atoms with Gasteiger partial charge in [0.2, 0.25) is 5.91 Å². The third-order valence-electron chi connectivity index (χ3n) is 5.14. The Morgan fingerprint density at radius 2 is 2.22 bits per heavy atom. The molecule has 1 amide bonds. The molecule has 0 radical (unpaired) electrons. The lowest BCUT2D eigenvalue weighted by molar-refractivity contribution is -0.121. The summed E-state index contributed by atoms with van der Waals surface area (Å²) in [6.45, 7) is 6.27. The lowest BCUT2D eigenvalue weighted by Gasteiger charge is -2.33. The van der Waals surface area contributed by atoms with Crippen LogP contribution in [0.25, 0.3) is 0 Å². The van der Waals surface area contributed by atoms with Crippen LogP contribution < -0.4 is 15.9 Å². The number of aromatic amines is 1. The molecule has 3 heterocycles. The maximum absolute atomic E-state index is 12.3. The van der Waals surface area contributed by atoms with E-state index in [4.69, 9.17) is 0 Å². The van der Waals surface area contributed by atoms with Gasteiger partial charge in [0.25, 0.3) is 0 Å². The molecule has 144 valence electrons. The highest BCUT2D eigenvalue weighted by Gasteiger charge is 2.21. The van der Waals surface area contributed by atoms with Crippen molar-refractivity contribution in [3.8, 4) is 0 Å². The summed E-state index contributed by atoms with van der Waals surface area (Å²) in [5.74, 6) is 1.47. The Hall–Kier alpha value is -2.70. The number of nitrogens with one attached hydrogen (secondary N) is 2. The standard InChI is InChI=1S/C20H27N5O2/c1-14-17(15(2)24-20(27)23-14)8-9-19(26)22-12-16-6-5-11-25(13-16)18-7-3-4-10-21-18/h3-4,7,10,16H,5-6,8-9,11-13H2,1-2H3,(H,22,26)(H,23,24,27)/t16-/m0/s1. The Labute approximate surface area is 159 Å². The molecule has 0 saturated carbocycles. The first-order valence-corrected chi connectivity index (χ1v) is 9.52. The monoisotopic (exact) mass is 369 g/mol. The number of piperidine rings is 1. The number of aromatic nitrogens is 3. The molecule has 1 fully saturated rings. The van der Waals surface area contributed by atoms with Crippen molar-refractivity contribution in [3.05, 3.63) is 51.8 Å². The van der Waals surface area contributed by atoms with Crippen molar-refractivity contribution in [2.24, 2.45) is 5.92 Å². The van der Waals surface area contributed by atoms with Crippen molar-refractivity contribution < 1.29 is 4.79 Å². The van der Waals surface area contributed by atoms with Gasteiger partial charge in [-0.25, -0.2) is 9.78 Å². The molecule has 1 saturated heterocycles. The molecule has 2 aromatic rings. The van der Waals surface area contributed by atoms with Crippen molar-refractivity contribution in [1.29, 1.82) is 0 Å². The molecule has 0 aromatic carbocycles. The molecule has 1 atom stereocenters. The number of anilines is 1. The van der Waals surface area contributed by atoms with Crippen LogP contribution in [0.5, 0.6) is 0 Å². The minimum Gasteiger partial charge on any atom is -0.356 e. The third-order valence-corrected chi connectivity index (χ3v) is 5.14. The van der Waals surface area contributed by atoms with Gasteiger partial charge < -0.3 is 15.2 Å². The maximum Gasteiger partial charge on any atom is 0.345 e. The topological polar surface area (TPSA) is 91.0 Å². The van der Waals surface area contributed by atoms with Gasteiger partial charge in [0, 0.05) is 43.6 Å². The van der Waals surface area contributed by atoms with Crippen LogP contribution in [0.4, 0.5) is 5.82 Å². The summed E-state index contributed by atoms with van der Waals surface area (Å²) < 4.78 is 0. The molecule has 2 aromatic heterocycles. The molecule has 1 aliphatic heterocycles. The predicted molar refractivity (Wildman–Crippen MR) is 105 cm³/mol. The number of nitrogens with zero attached hydrogens (tertiary/aromatic N) is 3. The maximum atomic E-state index is 12.3. The normalized spacial score (nSPS) is 17.0. The van der Waals surface area contributed by atoms with Crippen molar-refractivity contribution in [2.75, 3.05) is 24.5 Å². The van der Waals surface area contributed by atoms with E-state index < -0.39 is 0 Å². The van der Waals surface area contributed by atoms with Crippen LogP contribution in [0.2, 0.25) is 0 Å². The quantitative estimate of drug-likeness (QED) is 0.809. The Kier molecular flexibility index (Phi) is 6.21. The van der Waals surface area contributed by atoms with Gasteiger partial charge in [-0.05, 0) is 56.7 Å². The Bertz CT molecular complexity index is 808. The molecule has 7 heteroatoms. The van der Waals surface area contributed by atoms with Crippen molar-refractivity contribution in [2.45, 2.75) is 39.5 Å². The molecule has 1 aliphatic rings. The van der Waals surface area contributed by atoms with E-state index in [-0.39, 0.29) is 11.6 Å². The van der Waals surface area contributed by atoms with Crippen LogP contribution in [0.15, 0.2) is 29.2 Å². The van der Waals surface area contributed by atoms with Crippen LogP contribution in [-0.2, 0) is 11.2 Å². The summed E-state index contributed by atoms with van der Waals surface area (Å²) in [7, 11) is 0. The minimum absolute atomic E-state index is 0.0370. The molecular formula is C20H27N5O2. The molecule has 3 rings (SSSR count). The summed E-state index contributed by atoms with van der Waals surface area (Å²) in [4.78, 5) is 37.0. The van der Waals surface area contributed by atoms with Crippen molar-refractivity contribution >= 4 is 11.7 Å². The second-order valence-corrected chi connectivity index (χ2v) is 7.18. The lowest BCUT2D eigenvalue weighted by atomic mass is 9.97. The molecule has 0 aliphatic carbocycles. The Morgan fingerprint density at radius 1 is 1.37 bits per heavy atom. The van der Waals surface area contributed by atoms with E-state index in [1.807, 2.05) is 38.2 Å².